The van der Waals surface area contributed by atoms with Gasteiger partial charge >= 0.3 is 6.03 Å². The molecule has 6 heteroatoms. The van der Waals surface area contributed by atoms with Crippen molar-refractivity contribution in [3.63, 3.8) is 0 Å². The smallest absolute Gasteiger partial charge is 0.321 e. The van der Waals surface area contributed by atoms with E-state index in [0.717, 1.165) is 12.8 Å². The number of pyridine rings is 1. The standard InChI is InChI=1S/C25H31FN4O/c26-21-6-2-3-7-22(21)28-24(31)29-16-10-20(11-17-29)30-18-25(12-4-1-5-13-25)23(30)19-8-14-27-15-9-19/h2-3,6-9,14-15,20,23H,1,4-5,10-13,16-18H2,(H,28,31). The third kappa shape index (κ3) is 3.93. The molecular formula is C25H31FN4O. The number of anilines is 1. The van der Waals surface area contributed by atoms with Crippen molar-refractivity contribution in [3.8, 4) is 0 Å². The molecule has 0 bridgehead atoms. The van der Waals surface area contributed by atoms with Gasteiger partial charge in [0.05, 0.1) is 5.69 Å². The maximum absolute atomic E-state index is 13.9. The van der Waals surface area contributed by atoms with Gasteiger partial charge in [0, 0.05) is 49.5 Å². The van der Waals surface area contributed by atoms with Gasteiger partial charge in [-0.25, -0.2) is 9.18 Å². The first-order valence-electron chi connectivity index (χ1n) is 11.6. The third-order valence-electron chi connectivity index (χ3n) is 7.62. The quantitative estimate of drug-likeness (QED) is 0.737. The highest BCUT2D eigenvalue weighted by Crippen LogP contribution is 2.58. The molecule has 1 saturated carbocycles. The maximum atomic E-state index is 13.9. The van der Waals surface area contributed by atoms with Gasteiger partial charge < -0.3 is 10.2 Å². The van der Waals surface area contributed by atoms with Crippen LogP contribution in [0.15, 0.2) is 48.8 Å². The Balaban J connectivity index is 1.24. The van der Waals surface area contributed by atoms with Gasteiger partial charge in [0.1, 0.15) is 5.82 Å². The minimum Gasteiger partial charge on any atom is -0.324 e. The first kappa shape index (κ1) is 20.4. The van der Waals surface area contributed by atoms with Crippen LogP contribution in [0.2, 0.25) is 0 Å². The summed E-state index contributed by atoms with van der Waals surface area (Å²) >= 11 is 0. The van der Waals surface area contributed by atoms with Crippen LogP contribution < -0.4 is 5.32 Å². The average Bonchev–Trinajstić information content (AvgIpc) is 2.80. The second-order valence-corrected chi connectivity index (χ2v) is 9.41. The van der Waals surface area contributed by atoms with Gasteiger partial charge in [-0.3, -0.25) is 9.88 Å². The lowest BCUT2D eigenvalue weighted by Gasteiger charge is -2.63. The largest absolute Gasteiger partial charge is 0.324 e. The Bertz CT molecular complexity index is 907. The van der Waals surface area contributed by atoms with E-state index in [1.165, 1.54) is 50.3 Å². The van der Waals surface area contributed by atoms with Crippen LogP contribution in [0.25, 0.3) is 0 Å². The Morgan fingerprint density at radius 3 is 2.45 bits per heavy atom. The summed E-state index contributed by atoms with van der Waals surface area (Å²) < 4.78 is 13.9. The lowest BCUT2D eigenvalue weighted by Crippen LogP contribution is -2.64. The van der Waals surface area contributed by atoms with Crippen molar-refractivity contribution in [2.75, 3.05) is 25.0 Å². The molecule has 1 atom stereocenters. The summed E-state index contributed by atoms with van der Waals surface area (Å²) in [6, 6.07) is 11.4. The summed E-state index contributed by atoms with van der Waals surface area (Å²) in [4.78, 5) is 21.4. The molecule has 1 aliphatic carbocycles. The van der Waals surface area contributed by atoms with Gasteiger partial charge in [-0.2, -0.15) is 0 Å². The zero-order valence-electron chi connectivity index (χ0n) is 18.0. The minimum absolute atomic E-state index is 0.207. The molecule has 3 aliphatic rings. The van der Waals surface area contributed by atoms with E-state index in [2.05, 4.69) is 27.3 Å². The number of amides is 2. The fraction of sp³-hybridized carbons (Fsp3) is 0.520. The number of nitrogens with one attached hydrogen (secondary N) is 1. The average molecular weight is 423 g/mol. The van der Waals surface area contributed by atoms with E-state index in [9.17, 15) is 9.18 Å². The Morgan fingerprint density at radius 1 is 1.03 bits per heavy atom. The van der Waals surface area contributed by atoms with Gasteiger partial charge in [0.15, 0.2) is 0 Å². The summed E-state index contributed by atoms with van der Waals surface area (Å²) in [5, 5.41) is 2.72. The lowest BCUT2D eigenvalue weighted by atomic mass is 9.60. The molecule has 1 aromatic heterocycles. The zero-order valence-corrected chi connectivity index (χ0v) is 18.0. The number of carbonyl (C=O) groups is 1. The van der Waals surface area contributed by atoms with Crippen LogP contribution in [0, 0.1) is 11.2 Å². The molecule has 2 saturated heterocycles. The molecule has 0 radical (unpaired) electrons. The Hall–Kier alpha value is -2.47. The molecule has 5 rings (SSSR count). The molecule has 5 nitrogen and oxygen atoms in total. The number of rotatable bonds is 3. The van der Waals surface area contributed by atoms with Crippen molar-refractivity contribution >= 4 is 11.7 Å². The van der Waals surface area contributed by atoms with Gasteiger partial charge in [-0.1, -0.05) is 31.4 Å². The van der Waals surface area contributed by atoms with E-state index in [4.69, 9.17) is 0 Å². The molecule has 1 N–H and O–H groups in total. The van der Waals surface area contributed by atoms with E-state index in [1.807, 2.05) is 17.3 Å². The number of halogens is 1. The molecule has 3 heterocycles. The van der Waals surface area contributed by atoms with Crippen LogP contribution in [0.5, 0.6) is 0 Å². The number of aromatic nitrogens is 1. The highest BCUT2D eigenvalue weighted by atomic mass is 19.1. The summed E-state index contributed by atoms with van der Waals surface area (Å²) in [5.41, 5.74) is 2.05. The fourth-order valence-electron chi connectivity index (χ4n) is 6.06. The van der Waals surface area contributed by atoms with E-state index in [0.29, 0.717) is 30.6 Å². The Kier molecular flexibility index (Phi) is 5.65. The minimum atomic E-state index is -0.399. The number of nitrogens with zero attached hydrogens (tertiary/aromatic N) is 3. The predicted octanol–water partition coefficient (Wildman–Crippen LogP) is 5.22. The van der Waals surface area contributed by atoms with Crippen molar-refractivity contribution in [1.29, 1.82) is 0 Å². The number of benzene rings is 1. The van der Waals surface area contributed by atoms with E-state index < -0.39 is 5.82 Å². The second kappa shape index (κ2) is 8.58. The van der Waals surface area contributed by atoms with Gasteiger partial charge in [0.2, 0.25) is 0 Å². The molecule has 1 unspecified atom stereocenters. The van der Waals surface area contributed by atoms with Gasteiger partial charge in [0.25, 0.3) is 0 Å². The topological polar surface area (TPSA) is 48.5 Å². The molecular weight excluding hydrogens is 391 g/mol. The molecule has 3 fully saturated rings. The number of piperidine rings is 1. The molecule has 164 valence electrons. The highest BCUT2D eigenvalue weighted by Gasteiger charge is 2.55. The Morgan fingerprint density at radius 2 is 1.74 bits per heavy atom. The molecule has 31 heavy (non-hydrogen) atoms. The lowest BCUT2D eigenvalue weighted by molar-refractivity contribution is -0.132. The van der Waals surface area contributed by atoms with E-state index in [-0.39, 0.29) is 11.7 Å². The van der Waals surface area contributed by atoms with Crippen molar-refractivity contribution in [2.24, 2.45) is 5.41 Å². The number of carbonyl (C=O) groups excluding carboxylic acids is 1. The van der Waals surface area contributed by atoms with E-state index >= 15 is 0 Å². The number of hydrogen-bond acceptors (Lipinski definition) is 3. The molecule has 2 aromatic rings. The Labute approximate surface area is 183 Å². The van der Waals surface area contributed by atoms with Crippen molar-refractivity contribution in [1.82, 2.24) is 14.8 Å². The van der Waals surface area contributed by atoms with Crippen LogP contribution in [0.4, 0.5) is 14.9 Å². The third-order valence-corrected chi connectivity index (χ3v) is 7.62. The molecule has 1 aromatic carbocycles. The summed E-state index contributed by atoms with van der Waals surface area (Å²) in [7, 11) is 0. The number of urea groups is 1. The SMILES string of the molecule is O=C(Nc1ccccc1F)N1CCC(N2CC3(CCCCC3)C2c2ccncc2)CC1. The van der Waals surface area contributed by atoms with Crippen LogP contribution in [-0.4, -0.2) is 46.5 Å². The molecule has 1 spiro atoms. The monoisotopic (exact) mass is 422 g/mol. The van der Waals surface area contributed by atoms with Gasteiger partial charge in [-0.05, 0) is 55.5 Å². The summed E-state index contributed by atoms with van der Waals surface area (Å²) in [6.45, 7) is 2.58. The predicted molar refractivity (Wildman–Crippen MR) is 119 cm³/mol. The second-order valence-electron chi connectivity index (χ2n) is 9.41. The van der Waals surface area contributed by atoms with Crippen LogP contribution >= 0.6 is 0 Å². The first-order valence-corrected chi connectivity index (χ1v) is 11.6. The van der Waals surface area contributed by atoms with E-state index in [1.54, 1.807) is 18.2 Å². The maximum Gasteiger partial charge on any atom is 0.321 e. The van der Waals surface area contributed by atoms with Crippen molar-refractivity contribution in [2.45, 2.75) is 57.0 Å². The summed E-state index contributed by atoms with van der Waals surface area (Å²) in [5.74, 6) is -0.399. The molecule has 2 aliphatic heterocycles. The first-order chi connectivity index (χ1) is 15.2. The highest BCUT2D eigenvalue weighted by molar-refractivity contribution is 5.89. The number of hydrogen-bond donors (Lipinski definition) is 1. The fourth-order valence-corrected chi connectivity index (χ4v) is 6.06. The van der Waals surface area contributed by atoms with Crippen LogP contribution in [0.3, 0.4) is 0 Å². The van der Waals surface area contributed by atoms with Crippen molar-refractivity contribution < 1.29 is 9.18 Å². The van der Waals surface area contributed by atoms with Crippen molar-refractivity contribution in [3.05, 3.63) is 60.2 Å². The number of para-hydroxylation sites is 1. The van der Waals surface area contributed by atoms with Crippen LogP contribution in [-0.2, 0) is 0 Å². The zero-order chi connectivity index (χ0) is 21.3. The molecule has 2 amide bonds. The van der Waals surface area contributed by atoms with Gasteiger partial charge in [-0.15, -0.1) is 0 Å². The number of likely N-dealkylation sites (tertiary alicyclic amines) is 2. The normalized spacial score (nSPS) is 24.0. The van der Waals surface area contributed by atoms with Crippen LogP contribution in [0.1, 0.15) is 56.6 Å². The summed E-state index contributed by atoms with van der Waals surface area (Å²) in [6.07, 6.45) is 12.4.